The Hall–Kier alpha value is -3.63. The Bertz CT molecular complexity index is 1020. The minimum atomic E-state index is -1.02. The molecule has 1 amide bonds. The maximum absolute atomic E-state index is 13.3. The Labute approximate surface area is 176 Å². The molecule has 31 heavy (non-hydrogen) atoms. The first kappa shape index (κ1) is 22.1. The van der Waals surface area contributed by atoms with Crippen molar-refractivity contribution >= 4 is 23.1 Å². The maximum atomic E-state index is 13.3. The van der Waals surface area contributed by atoms with Crippen LogP contribution in [0.15, 0.2) is 54.1 Å². The molecule has 2 aromatic carbocycles. The molecule has 2 aromatic rings. The summed E-state index contributed by atoms with van der Waals surface area (Å²) in [5.74, 6) is -2.84. The number of halogens is 1. The highest BCUT2D eigenvalue weighted by Gasteiger charge is 2.46. The number of aliphatic hydroxyl groups excluding tert-OH is 2. The molecule has 0 aromatic heterocycles. The van der Waals surface area contributed by atoms with Gasteiger partial charge in [0, 0.05) is 24.2 Å². The van der Waals surface area contributed by atoms with Crippen molar-refractivity contribution in [1.82, 2.24) is 4.90 Å². The number of likely N-dealkylation sites (tertiary alicyclic amines) is 1. The van der Waals surface area contributed by atoms with Gasteiger partial charge in [-0.05, 0) is 42.0 Å². The Morgan fingerprint density at radius 2 is 1.74 bits per heavy atom. The van der Waals surface area contributed by atoms with Gasteiger partial charge in [-0.15, -0.1) is 0 Å². The van der Waals surface area contributed by atoms with Gasteiger partial charge < -0.3 is 19.8 Å². The summed E-state index contributed by atoms with van der Waals surface area (Å²) in [7, 11) is 0. The summed E-state index contributed by atoms with van der Waals surface area (Å²) in [6.45, 7) is -0.170. The van der Waals surface area contributed by atoms with E-state index in [1.807, 2.05) is 0 Å². The summed E-state index contributed by atoms with van der Waals surface area (Å²) in [6.07, 6.45) is 0. The first-order valence-electron chi connectivity index (χ1n) is 9.32. The normalized spacial score (nSPS) is 17.9. The van der Waals surface area contributed by atoms with Gasteiger partial charge in [-0.3, -0.25) is 19.7 Å². The maximum Gasteiger partial charge on any atom is 0.295 e. The Morgan fingerprint density at radius 3 is 2.32 bits per heavy atom. The number of nitro groups is 1. The third kappa shape index (κ3) is 4.60. The SMILES string of the molecule is O=C1C(=O)N(CCOCCO)C(c2ccc([N+](=O)[O-])cc2)C1=C(O)c1ccc(F)cc1. The zero-order chi connectivity index (χ0) is 22.5. The number of aliphatic hydroxyl groups is 2. The van der Waals surface area contributed by atoms with E-state index in [9.17, 15) is 29.2 Å². The van der Waals surface area contributed by atoms with E-state index in [2.05, 4.69) is 0 Å². The van der Waals surface area contributed by atoms with Gasteiger partial charge in [0.15, 0.2) is 0 Å². The number of nitro benzene ring substituents is 1. The molecular formula is C21H19FN2O7. The van der Waals surface area contributed by atoms with Crippen LogP contribution in [-0.2, 0) is 14.3 Å². The predicted octanol–water partition coefficient (Wildman–Crippen LogP) is 2.16. The zero-order valence-corrected chi connectivity index (χ0v) is 16.2. The topological polar surface area (TPSA) is 130 Å². The molecule has 1 heterocycles. The lowest BCUT2D eigenvalue weighted by atomic mass is 9.95. The largest absolute Gasteiger partial charge is 0.507 e. The predicted molar refractivity (Wildman–Crippen MR) is 106 cm³/mol. The highest BCUT2D eigenvalue weighted by molar-refractivity contribution is 6.46. The highest BCUT2D eigenvalue weighted by Crippen LogP contribution is 2.39. The van der Waals surface area contributed by atoms with Crippen LogP contribution in [-0.4, -0.2) is 58.1 Å². The molecule has 1 aliphatic rings. The number of amides is 1. The van der Waals surface area contributed by atoms with Gasteiger partial charge in [-0.25, -0.2) is 4.39 Å². The molecule has 1 fully saturated rings. The molecular weight excluding hydrogens is 411 g/mol. The number of benzene rings is 2. The molecule has 162 valence electrons. The molecule has 2 N–H and O–H groups in total. The molecule has 0 aliphatic carbocycles. The molecule has 0 spiro atoms. The van der Waals surface area contributed by atoms with Crippen LogP contribution >= 0.6 is 0 Å². The van der Waals surface area contributed by atoms with Crippen LogP contribution in [0.4, 0.5) is 10.1 Å². The van der Waals surface area contributed by atoms with Crippen molar-refractivity contribution in [2.75, 3.05) is 26.4 Å². The monoisotopic (exact) mass is 430 g/mol. The molecule has 1 aliphatic heterocycles. The zero-order valence-electron chi connectivity index (χ0n) is 16.2. The van der Waals surface area contributed by atoms with E-state index in [0.29, 0.717) is 5.56 Å². The minimum Gasteiger partial charge on any atom is -0.507 e. The summed E-state index contributed by atoms with van der Waals surface area (Å²) in [5.41, 5.74) is 0.122. The van der Waals surface area contributed by atoms with E-state index in [0.717, 1.165) is 12.1 Å². The van der Waals surface area contributed by atoms with Gasteiger partial charge in [0.1, 0.15) is 11.6 Å². The first-order chi connectivity index (χ1) is 14.8. The number of nitrogens with zero attached hydrogens (tertiary/aromatic N) is 2. The molecule has 9 nitrogen and oxygen atoms in total. The van der Waals surface area contributed by atoms with Crippen molar-refractivity contribution in [2.24, 2.45) is 0 Å². The number of carbonyl (C=O) groups excluding carboxylic acids is 2. The lowest BCUT2D eigenvalue weighted by Gasteiger charge is -2.25. The van der Waals surface area contributed by atoms with Gasteiger partial charge in [0.05, 0.1) is 36.4 Å². The summed E-state index contributed by atoms with van der Waals surface area (Å²) in [6, 6.07) is 8.99. The summed E-state index contributed by atoms with van der Waals surface area (Å²) >= 11 is 0. The van der Waals surface area contributed by atoms with Crippen LogP contribution in [0.5, 0.6) is 0 Å². The van der Waals surface area contributed by atoms with Crippen LogP contribution in [0.2, 0.25) is 0 Å². The molecule has 0 bridgehead atoms. The van der Waals surface area contributed by atoms with Gasteiger partial charge in [-0.2, -0.15) is 0 Å². The molecule has 1 unspecified atom stereocenters. The fraction of sp³-hybridized carbons (Fsp3) is 0.238. The van der Waals surface area contributed by atoms with E-state index < -0.39 is 34.2 Å². The summed E-state index contributed by atoms with van der Waals surface area (Å²) < 4.78 is 18.5. The van der Waals surface area contributed by atoms with Crippen LogP contribution in [0, 0.1) is 15.9 Å². The van der Waals surface area contributed by atoms with Crippen molar-refractivity contribution in [3.05, 3.63) is 81.2 Å². The molecule has 0 saturated carbocycles. The average Bonchev–Trinajstić information content (AvgIpc) is 3.01. The van der Waals surface area contributed by atoms with Gasteiger partial charge in [-0.1, -0.05) is 0 Å². The quantitative estimate of drug-likeness (QED) is 0.164. The Morgan fingerprint density at radius 1 is 1.10 bits per heavy atom. The lowest BCUT2D eigenvalue weighted by Crippen LogP contribution is -2.33. The molecule has 10 heteroatoms. The van der Waals surface area contributed by atoms with Crippen molar-refractivity contribution in [2.45, 2.75) is 6.04 Å². The Balaban J connectivity index is 2.07. The second-order valence-corrected chi connectivity index (χ2v) is 6.68. The average molecular weight is 430 g/mol. The number of hydrogen-bond donors (Lipinski definition) is 2. The standard InChI is InChI=1S/C21H19FN2O7/c22-15-5-1-14(2-6-15)19(26)17-18(13-3-7-16(8-4-13)24(29)30)23(21(28)20(17)27)9-11-31-12-10-25/h1-8,18,25-26H,9-12H2. The number of hydrogen-bond acceptors (Lipinski definition) is 7. The smallest absolute Gasteiger partial charge is 0.295 e. The first-order valence-corrected chi connectivity index (χ1v) is 9.32. The van der Waals surface area contributed by atoms with Crippen molar-refractivity contribution in [1.29, 1.82) is 0 Å². The number of carbonyl (C=O) groups is 2. The van der Waals surface area contributed by atoms with Gasteiger partial charge in [0.2, 0.25) is 0 Å². The molecule has 1 saturated heterocycles. The highest BCUT2D eigenvalue weighted by atomic mass is 19.1. The molecule has 0 radical (unpaired) electrons. The Kier molecular flexibility index (Phi) is 6.73. The van der Waals surface area contributed by atoms with E-state index >= 15 is 0 Å². The van der Waals surface area contributed by atoms with Crippen LogP contribution in [0.25, 0.3) is 5.76 Å². The minimum absolute atomic E-state index is 0.0214. The van der Waals surface area contributed by atoms with Crippen molar-refractivity contribution < 1.29 is 33.9 Å². The lowest BCUT2D eigenvalue weighted by molar-refractivity contribution is -0.384. The second-order valence-electron chi connectivity index (χ2n) is 6.68. The van der Waals surface area contributed by atoms with Gasteiger partial charge >= 0.3 is 0 Å². The van der Waals surface area contributed by atoms with Crippen molar-refractivity contribution in [3.63, 3.8) is 0 Å². The van der Waals surface area contributed by atoms with Gasteiger partial charge in [0.25, 0.3) is 17.4 Å². The van der Waals surface area contributed by atoms with Crippen LogP contribution < -0.4 is 0 Å². The van der Waals surface area contributed by atoms with E-state index in [1.165, 1.54) is 41.3 Å². The van der Waals surface area contributed by atoms with Crippen LogP contribution in [0.1, 0.15) is 17.2 Å². The molecule has 1 atom stereocenters. The number of non-ortho nitro benzene ring substituents is 1. The molecule has 3 rings (SSSR count). The second kappa shape index (κ2) is 9.45. The summed E-state index contributed by atoms with van der Waals surface area (Å²) in [5, 5.41) is 30.6. The van der Waals surface area contributed by atoms with E-state index in [-0.39, 0.29) is 43.2 Å². The fourth-order valence-corrected chi connectivity index (χ4v) is 3.33. The number of Topliss-reactive ketones (excluding diaryl/α,β-unsaturated/α-hetero) is 1. The van der Waals surface area contributed by atoms with Crippen LogP contribution in [0.3, 0.4) is 0 Å². The fourth-order valence-electron chi connectivity index (χ4n) is 3.33. The van der Waals surface area contributed by atoms with E-state index in [4.69, 9.17) is 9.84 Å². The number of ether oxygens (including phenoxy) is 1. The third-order valence-electron chi connectivity index (χ3n) is 4.79. The van der Waals surface area contributed by atoms with Crippen molar-refractivity contribution in [3.8, 4) is 0 Å². The number of rotatable bonds is 8. The summed E-state index contributed by atoms with van der Waals surface area (Å²) in [4.78, 5) is 37.0. The van der Waals surface area contributed by atoms with E-state index in [1.54, 1.807) is 0 Å². The third-order valence-corrected chi connectivity index (χ3v) is 4.79. The number of ketones is 1.